The third kappa shape index (κ3) is 43.0. The SMILES string of the molecule is CC/C=C\C[C@@H](O)/C=C/C=C\C/C=C\C=C\[C@@H](O)/C=C\CCCC(=O)OC[C@H](COP(=O)(O)O)OC(=O)CCCCCCCCCCCCCCCCCCCCC. The topological polar surface area (TPSA) is 160 Å². The number of carbonyl (C=O) groups is 2. The molecule has 0 fully saturated rings. The van der Waals surface area contributed by atoms with Gasteiger partial charge in [-0.15, -0.1) is 0 Å². The number of phosphoric ester groups is 1. The minimum atomic E-state index is -4.81. The van der Waals surface area contributed by atoms with Gasteiger partial charge >= 0.3 is 19.8 Å². The van der Waals surface area contributed by atoms with Gasteiger partial charge in [0.25, 0.3) is 0 Å². The van der Waals surface area contributed by atoms with E-state index >= 15 is 0 Å². The van der Waals surface area contributed by atoms with Crippen LogP contribution in [0.4, 0.5) is 0 Å². The zero-order chi connectivity index (χ0) is 42.8. The van der Waals surface area contributed by atoms with Crippen molar-refractivity contribution in [1.82, 2.24) is 0 Å². The molecule has 58 heavy (non-hydrogen) atoms. The first kappa shape index (κ1) is 55.4. The molecule has 0 bridgehead atoms. The van der Waals surface area contributed by atoms with Gasteiger partial charge in [0.15, 0.2) is 6.10 Å². The molecule has 0 spiro atoms. The van der Waals surface area contributed by atoms with Gasteiger partial charge in [-0.1, -0.05) is 202 Å². The van der Waals surface area contributed by atoms with Crippen LogP contribution in [0.25, 0.3) is 0 Å². The highest BCUT2D eigenvalue weighted by Crippen LogP contribution is 2.36. The minimum absolute atomic E-state index is 0.0793. The monoisotopic (exact) mass is 837 g/mol. The maximum Gasteiger partial charge on any atom is 0.469 e. The smallest absolute Gasteiger partial charge is 0.462 e. The van der Waals surface area contributed by atoms with Gasteiger partial charge in [-0.05, 0) is 38.5 Å². The Hall–Kier alpha value is -2.59. The van der Waals surface area contributed by atoms with Gasteiger partial charge in [0.1, 0.15) is 6.61 Å². The molecule has 0 radical (unpaired) electrons. The average molecular weight is 837 g/mol. The van der Waals surface area contributed by atoms with Crippen molar-refractivity contribution < 1.29 is 48.2 Å². The summed E-state index contributed by atoms with van der Waals surface area (Å²) in [5, 5.41) is 19.9. The van der Waals surface area contributed by atoms with Gasteiger partial charge in [-0.3, -0.25) is 14.1 Å². The number of unbranched alkanes of at least 4 members (excludes halogenated alkanes) is 19. The van der Waals surface area contributed by atoms with Crippen LogP contribution >= 0.6 is 7.82 Å². The Balaban J connectivity index is 4.12. The van der Waals surface area contributed by atoms with E-state index in [4.69, 9.17) is 19.3 Å². The zero-order valence-corrected chi connectivity index (χ0v) is 37.0. The molecule has 3 atom stereocenters. The number of rotatable bonds is 40. The highest BCUT2D eigenvalue weighted by Gasteiger charge is 2.23. The molecule has 0 amide bonds. The number of aliphatic hydroxyl groups is 2. The quantitative estimate of drug-likeness (QED) is 0.0154. The summed E-state index contributed by atoms with van der Waals surface area (Å²) in [4.78, 5) is 42.9. The molecule has 0 saturated carbocycles. The molecule has 334 valence electrons. The van der Waals surface area contributed by atoms with Crippen LogP contribution in [0.2, 0.25) is 0 Å². The highest BCUT2D eigenvalue weighted by molar-refractivity contribution is 7.46. The van der Waals surface area contributed by atoms with Crippen molar-refractivity contribution in [3.63, 3.8) is 0 Å². The number of hydrogen-bond acceptors (Lipinski definition) is 8. The maximum atomic E-state index is 12.4. The van der Waals surface area contributed by atoms with Crippen molar-refractivity contribution >= 4 is 19.8 Å². The summed E-state index contributed by atoms with van der Waals surface area (Å²) in [5.41, 5.74) is 0. The van der Waals surface area contributed by atoms with E-state index in [2.05, 4.69) is 18.4 Å². The fourth-order valence-corrected chi connectivity index (χ4v) is 6.42. The van der Waals surface area contributed by atoms with Crippen LogP contribution in [0.3, 0.4) is 0 Å². The van der Waals surface area contributed by atoms with Crippen molar-refractivity contribution in [2.24, 2.45) is 0 Å². The summed E-state index contributed by atoms with van der Waals surface area (Å²) in [7, 11) is -4.81. The van der Waals surface area contributed by atoms with Gasteiger partial charge in [0, 0.05) is 12.8 Å². The molecule has 11 heteroatoms. The molecule has 0 saturated heterocycles. The first-order chi connectivity index (χ1) is 28.1. The summed E-state index contributed by atoms with van der Waals surface area (Å²) in [6, 6.07) is 0. The minimum Gasteiger partial charge on any atom is -0.462 e. The van der Waals surface area contributed by atoms with Crippen molar-refractivity contribution in [1.29, 1.82) is 0 Å². The fraction of sp³-hybridized carbons (Fsp3) is 0.702. The van der Waals surface area contributed by atoms with E-state index in [0.29, 0.717) is 32.1 Å². The Morgan fingerprint density at radius 3 is 1.62 bits per heavy atom. The normalized spacial score (nSPS) is 14.2. The molecule has 0 aromatic carbocycles. The molecule has 0 aromatic rings. The first-order valence-electron chi connectivity index (χ1n) is 22.5. The Morgan fingerprint density at radius 2 is 1.09 bits per heavy atom. The van der Waals surface area contributed by atoms with Gasteiger partial charge in [-0.2, -0.15) is 0 Å². The summed E-state index contributed by atoms with van der Waals surface area (Å²) in [5.74, 6) is -1.07. The second-order valence-electron chi connectivity index (χ2n) is 15.1. The van der Waals surface area contributed by atoms with Crippen molar-refractivity contribution in [2.45, 2.75) is 199 Å². The Kier molecular flexibility index (Phi) is 39.3. The van der Waals surface area contributed by atoms with E-state index in [-0.39, 0.29) is 19.4 Å². The number of carbonyl (C=O) groups excluding carboxylic acids is 2. The second-order valence-corrected chi connectivity index (χ2v) is 16.3. The van der Waals surface area contributed by atoms with E-state index in [9.17, 15) is 24.4 Å². The van der Waals surface area contributed by atoms with Crippen LogP contribution < -0.4 is 0 Å². The van der Waals surface area contributed by atoms with E-state index in [1.165, 1.54) is 96.3 Å². The van der Waals surface area contributed by atoms with E-state index in [1.54, 1.807) is 30.4 Å². The van der Waals surface area contributed by atoms with E-state index in [0.717, 1.165) is 25.7 Å². The molecule has 0 aromatic heterocycles. The van der Waals surface area contributed by atoms with Crippen molar-refractivity contribution in [2.75, 3.05) is 13.2 Å². The number of ether oxygens (including phenoxy) is 2. The van der Waals surface area contributed by atoms with Crippen LogP contribution in [0, 0.1) is 0 Å². The lowest BCUT2D eigenvalue weighted by molar-refractivity contribution is -0.161. The molecule has 4 N–H and O–H groups in total. The Morgan fingerprint density at radius 1 is 0.569 bits per heavy atom. The van der Waals surface area contributed by atoms with E-state index in [1.807, 2.05) is 42.5 Å². The fourth-order valence-electron chi connectivity index (χ4n) is 6.06. The van der Waals surface area contributed by atoms with Crippen LogP contribution in [-0.4, -0.2) is 63.5 Å². The van der Waals surface area contributed by atoms with Crippen LogP contribution in [-0.2, 0) is 28.2 Å². The summed E-state index contributed by atoms with van der Waals surface area (Å²) < 4.78 is 26.3. The molecule has 0 heterocycles. The largest absolute Gasteiger partial charge is 0.469 e. The number of aliphatic hydroxyl groups excluding tert-OH is 2. The molecule has 0 unspecified atom stereocenters. The Labute approximate surface area is 352 Å². The number of phosphoric acid groups is 1. The zero-order valence-electron chi connectivity index (χ0n) is 36.1. The molecular weight excluding hydrogens is 755 g/mol. The summed E-state index contributed by atoms with van der Waals surface area (Å²) in [6.45, 7) is 3.35. The lowest BCUT2D eigenvalue weighted by Gasteiger charge is -2.18. The second kappa shape index (κ2) is 41.2. The molecule has 0 aliphatic rings. The maximum absolute atomic E-state index is 12.4. The molecule has 0 aliphatic heterocycles. The summed E-state index contributed by atoms with van der Waals surface area (Å²) >= 11 is 0. The van der Waals surface area contributed by atoms with Gasteiger partial charge < -0.3 is 29.5 Å². The lowest BCUT2D eigenvalue weighted by Crippen LogP contribution is -2.29. The molecule has 10 nitrogen and oxygen atoms in total. The van der Waals surface area contributed by atoms with Crippen molar-refractivity contribution in [3.05, 3.63) is 72.9 Å². The average Bonchev–Trinajstić information content (AvgIpc) is 3.18. The number of hydrogen-bond donors (Lipinski definition) is 4. The van der Waals surface area contributed by atoms with Crippen LogP contribution in [0.15, 0.2) is 72.9 Å². The predicted octanol–water partition coefficient (Wildman–Crippen LogP) is 11.8. The highest BCUT2D eigenvalue weighted by atomic mass is 31.2. The van der Waals surface area contributed by atoms with Gasteiger partial charge in [0.2, 0.25) is 0 Å². The van der Waals surface area contributed by atoms with Crippen molar-refractivity contribution in [3.8, 4) is 0 Å². The Bertz CT molecular complexity index is 1200. The van der Waals surface area contributed by atoms with Gasteiger partial charge in [-0.25, -0.2) is 4.57 Å². The predicted molar refractivity (Wildman–Crippen MR) is 237 cm³/mol. The summed E-state index contributed by atoms with van der Waals surface area (Å²) in [6.07, 6.45) is 47.0. The first-order valence-corrected chi connectivity index (χ1v) is 24.0. The third-order valence-corrected chi connectivity index (χ3v) is 9.90. The van der Waals surface area contributed by atoms with E-state index < -0.39 is 44.7 Å². The van der Waals surface area contributed by atoms with Crippen LogP contribution in [0.1, 0.15) is 181 Å². The molecular formula is C47H81O10P. The standard InChI is InChI=1S/C47H81O10P/c1-3-5-7-8-9-10-11-12-13-14-15-16-17-18-19-20-24-27-33-40-47(51)57-45(42-56-58(52,53)54)41-55-46(50)39-34-28-32-38-44(49)37-31-26-23-21-22-25-30-36-43(48)35-29-6-4-2/h6,22-23,25-26,29-32,36-38,43-45,48-49H,3-5,7-21,24,27-28,33-35,39-42H2,1-2H3,(H2,52,53,54)/b25-22-,26-23-,29-6-,36-30+,37-31+,38-32-/t43-,44-,45-/m1/s1. The number of allylic oxidation sites excluding steroid dienone is 8. The van der Waals surface area contributed by atoms with Gasteiger partial charge in [0.05, 0.1) is 18.8 Å². The number of esters is 2. The third-order valence-electron chi connectivity index (χ3n) is 9.41. The molecule has 0 rings (SSSR count). The van der Waals surface area contributed by atoms with Crippen LogP contribution in [0.5, 0.6) is 0 Å². The lowest BCUT2D eigenvalue weighted by atomic mass is 10.0. The molecule has 0 aliphatic carbocycles.